The summed E-state index contributed by atoms with van der Waals surface area (Å²) in [5.41, 5.74) is 1.28. The van der Waals surface area contributed by atoms with Crippen LogP contribution in [0, 0.1) is 13.7 Å². The molecule has 122 valence electrons. The first-order valence-electron chi connectivity index (χ1n) is 6.74. The van der Waals surface area contributed by atoms with Crippen molar-refractivity contribution in [2.75, 3.05) is 5.32 Å². The average Bonchev–Trinajstić information content (AvgIpc) is 2.55. The van der Waals surface area contributed by atoms with Crippen molar-refractivity contribution in [3.8, 4) is 0 Å². The molecule has 0 unspecified atom stereocenters. The summed E-state index contributed by atoms with van der Waals surface area (Å²) in [5.74, 6) is -0.426. The Morgan fingerprint density at radius 1 is 1.21 bits per heavy atom. The highest BCUT2D eigenvalue weighted by atomic mass is 127. The van der Waals surface area contributed by atoms with Crippen molar-refractivity contribution in [2.45, 2.75) is 0 Å². The zero-order valence-corrected chi connectivity index (χ0v) is 15.2. The van der Waals surface area contributed by atoms with Gasteiger partial charge in [-0.25, -0.2) is 0 Å². The molecule has 24 heavy (non-hydrogen) atoms. The van der Waals surface area contributed by atoms with E-state index in [1.54, 1.807) is 12.1 Å². The molecule has 0 atom stereocenters. The lowest BCUT2D eigenvalue weighted by atomic mass is 10.2. The molecule has 2 aromatic rings. The SMILES string of the molecule is O=C(/C=C/c1cccc([N+](=O)[O-])c1)NC(=S)Nc1ccc(I)cc1. The van der Waals surface area contributed by atoms with Gasteiger partial charge in [0.1, 0.15) is 0 Å². The second kappa shape index (κ2) is 8.50. The summed E-state index contributed by atoms with van der Waals surface area (Å²) in [7, 11) is 0. The van der Waals surface area contributed by atoms with E-state index in [2.05, 4.69) is 33.2 Å². The molecule has 0 aliphatic carbocycles. The molecule has 0 saturated heterocycles. The van der Waals surface area contributed by atoms with Crippen LogP contribution in [-0.2, 0) is 4.79 Å². The van der Waals surface area contributed by atoms with Gasteiger partial charge in [0, 0.05) is 27.5 Å². The molecular formula is C16H12IN3O3S. The largest absolute Gasteiger partial charge is 0.332 e. The molecule has 0 saturated carbocycles. The van der Waals surface area contributed by atoms with Crippen LogP contribution in [0.25, 0.3) is 6.08 Å². The molecule has 0 fully saturated rings. The highest BCUT2D eigenvalue weighted by molar-refractivity contribution is 14.1. The maximum Gasteiger partial charge on any atom is 0.270 e. The average molecular weight is 453 g/mol. The van der Waals surface area contributed by atoms with Gasteiger partial charge in [0.05, 0.1) is 4.92 Å². The van der Waals surface area contributed by atoms with Crippen molar-refractivity contribution in [1.82, 2.24) is 5.32 Å². The lowest BCUT2D eigenvalue weighted by Crippen LogP contribution is -2.32. The molecule has 0 bridgehead atoms. The molecule has 2 aromatic carbocycles. The Morgan fingerprint density at radius 3 is 2.58 bits per heavy atom. The number of rotatable bonds is 4. The Hall–Kier alpha value is -2.33. The second-order valence-electron chi connectivity index (χ2n) is 4.64. The number of nitro benzene ring substituents is 1. The van der Waals surface area contributed by atoms with Gasteiger partial charge in [-0.15, -0.1) is 0 Å². The quantitative estimate of drug-likeness (QED) is 0.242. The van der Waals surface area contributed by atoms with Crippen molar-refractivity contribution < 1.29 is 9.72 Å². The lowest BCUT2D eigenvalue weighted by Gasteiger charge is -2.07. The number of nitrogens with zero attached hydrogens (tertiary/aromatic N) is 1. The van der Waals surface area contributed by atoms with E-state index in [0.717, 1.165) is 9.26 Å². The zero-order valence-electron chi connectivity index (χ0n) is 12.2. The number of nitrogens with one attached hydrogen (secondary N) is 2. The van der Waals surface area contributed by atoms with E-state index >= 15 is 0 Å². The molecule has 6 nitrogen and oxygen atoms in total. The fourth-order valence-corrected chi connectivity index (χ4v) is 2.34. The third-order valence-electron chi connectivity index (χ3n) is 2.85. The summed E-state index contributed by atoms with van der Waals surface area (Å²) in [4.78, 5) is 22.0. The number of halogens is 1. The number of hydrogen-bond acceptors (Lipinski definition) is 4. The van der Waals surface area contributed by atoms with Gasteiger partial charge in [-0.1, -0.05) is 12.1 Å². The topological polar surface area (TPSA) is 84.3 Å². The van der Waals surface area contributed by atoms with E-state index in [9.17, 15) is 14.9 Å². The van der Waals surface area contributed by atoms with Crippen molar-refractivity contribution in [2.24, 2.45) is 0 Å². The first-order chi connectivity index (χ1) is 11.4. The van der Waals surface area contributed by atoms with Crippen LogP contribution in [-0.4, -0.2) is 15.9 Å². The van der Waals surface area contributed by atoms with Crippen molar-refractivity contribution >= 4 is 63.3 Å². The van der Waals surface area contributed by atoms with E-state index in [4.69, 9.17) is 12.2 Å². The summed E-state index contributed by atoms with van der Waals surface area (Å²) in [6.45, 7) is 0. The van der Waals surface area contributed by atoms with E-state index < -0.39 is 10.8 Å². The van der Waals surface area contributed by atoms with Gasteiger partial charge in [-0.2, -0.15) is 0 Å². The van der Waals surface area contributed by atoms with Gasteiger partial charge in [-0.3, -0.25) is 20.2 Å². The fourth-order valence-electron chi connectivity index (χ4n) is 1.76. The van der Waals surface area contributed by atoms with Gasteiger partial charge in [0.2, 0.25) is 5.91 Å². The Labute approximate surface area is 157 Å². The minimum atomic E-state index is -0.489. The van der Waals surface area contributed by atoms with Crippen LogP contribution in [0.15, 0.2) is 54.6 Å². The Bertz CT molecular complexity index is 806. The molecule has 0 aromatic heterocycles. The number of benzene rings is 2. The fraction of sp³-hybridized carbons (Fsp3) is 0. The first-order valence-corrected chi connectivity index (χ1v) is 8.23. The maximum absolute atomic E-state index is 11.8. The van der Waals surface area contributed by atoms with E-state index in [0.29, 0.717) is 5.56 Å². The minimum Gasteiger partial charge on any atom is -0.332 e. The van der Waals surface area contributed by atoms with E-state index in [1.807, 2.05) is 24.3 Å². The van der Waals surface area contributed by atoms with Crippen LogP contribution in [0.5, 0.6) is 0 Å². The van der Waals surface area contributed by atoms with Gasteiger partial charge >= 0.3 is 0 Å². The zero-order chi connectivity index (χ0) is 17.5. The molecule has 0 spiro atoms. The van der Waals surface area contributed by atoms with E-state index in [-0.39, 0.29) is 10.8 Å². The highest BCUT2D eigenvalue weighted by Crippen LogP contribution is 2.14. The Balaban J connectivity index is 1.92. The number of carbonyl (C=O) groups excluding carboxylic acids is 1. The van der Waals surface area contributed by atoms with Crippen molar-refractivity contribution in [1.29, 1.82) is 0 Å². The highest BCUT2D eigenvalue weighted by Gasteiger charge is 2.05. The molecule has 8 heteroatoms. The molecule has 1 amide bonds. The number of non-ortho nitro benzene ring substituents is 1. The Morgan fingerprint density at radius 2 is 1.92 bits per heavy atom. The minimum absolute atomic E-state index is 0.0338. The van der Waals surface area contributed by atoms with E-state index in [1.165, 1.54) is 24.3 Å². The first kappa shape index (κ1) is 18.0. The van der Waals surface area contributed by atoms with Gasteiger partial charge < -0.3 is 5.32 Å². The molecule has 0 heterocycles. The number of carbonyl (C=O) groups is 1. The molecular weight excluding hydrogens is 441 g/mol. The lowest BCUT2D eigenvalue weighted by molar-refractivity contribution is -0.384. The number of hydrogen-bond donors (Lipinski definition) is 2. The smallest absolute Gasteiger partial charge is 0.270 e. The summed E-state index contributed by atoms with van der Waals surface area (Å²) in [5, 5.41) is 16.3. The van der Waals surface area contributed by atoms with Gasteiger partial charge in [0.15, 0.2) is 5.11 Å². The summed E-state index contributed by atoms with van der Waals surface area (Å²) >= 11 is 7.25. The monoisotopic (exact) mass is 453 g/mol. The molecule has 0 aliphatic heterocycles. The van der Waals surface area contributed by atoms with Crippen LogP contribution in [0.4, 0.5) is 11.4 Å². The number of amides is 1. The predicted molar refractivity (Wildman–Crippen MR) is 106 cm³/mol. The molecule has 2 N–H and O–H groups in total. The van der Waals surface area contributed by atoms with Gasteiger partial charge in [-0.05, 0) is 70.7 Å². The predicted octanol–water partition coefficient (Wildman–Crippen LogP) is 3.73. The van der Waals surface area contributed by atoms with Gasteiger partial charge in [0.25, 0.3) is 5.69 Å². The van der Waals surface area contributed by atoms with Crippen molar-refractivity contribution in [3.63, 3.8) is 0 Å². The molecule has 0 radical (unpaired) electrons. The summed E-state index contributed by atoms with van der Waals surface area (Å²) in [6.07, 6.45) is 2.75. The molecule has 0 aliphatic rings. The summed E-state index contributed by atoms with van der Waals surface area (Å²) in [6, 6.07) is 13.5. The number of anilines is 1. The van der Waals surface area contributed by atoms with Crippen molar-refractivity contribution in [3.05, 3.63) is 73.9 Å². The van der Waals surface area contributed by atoms with Crippen LogP contribution in [0.1, 0.15) is 5.56 Å². The summed E-state index contributed by atoms with van der Waals surface area (Å²) < 4.78 is 1.09. The normalized spacial score (nSPS) is 10.4. The van der Waals surface area contributed by atoms with Crippen LogP contribution in [0.2, 0.25) is 0 Å². The van der Waals surface area contributed by atoms with Crippen LogP contribution < -0.4 is 10.6 Å². The number of nitro groups is 1. The molecule has 2 rings (SSSR count). The Kier molecular flexibility index (Phi) is 6.38. The number of thiocarbonyl (C=S) groups is 1. The van der Waals surface area contributed by atoms with Crippen LogP contribution >= 0.6 is 34.8 Å². The standard InChI is InChI=1S/C16H12IN3O3S/c17-12-5-7-13(8-6-12)18-16(24)19-15(21)9-4-11-2-1-3-14(10-11)20(22)23/h1-10H,(H2,18,19,21,24)/b9-4+. The second-order valence-corrected chi connectivity index (χ2v) is 6.29. The van der Waals surface area contributed by atoms with Crippen LogP contribution in [0.3, 0.4) is 0 Å². The third-order valence-corrected chi connectivity index (χ3v) is 3.77. The third kappa shape index (κ3) is 5.70. The maximum atomic E-state index is 11.8.